The number of benzene rings is 1. The van der Waals surface area contributed by atoms with Crippen LogP contribution in [0.3, 0.4) is 0 Å². The predicted molar refractivity (Wildman–Crippen MR) is 71.0 cm³/mol. The standard InChI is InChI=1S/C12H15BrClNO/c1-3-11(13)12(16)15-8(2)9-4-6-10(14)7-5-9/h4-8,11H,3H2,1-2H3,(H,15,16)/t8-,11?/m1/s1. The van der Waals surface area contributed by atoms with E-state index in [2.05, 4.69) is 21.2 Å². The van der Waals surface area contributed by atoms with Crippen molar-refractivity contribution in [3.05, 3.63) is 34.9 Å². The quantitative estimate of drug-likeness (QED) is 0.845. The molecule has 1 unspecified atom stereocenters. The van der Waals surface area contributed by atoms with Gasteiger partial charge in [-0.05, 0) is 31.0 Å². The van der Waals surface area contributed by atoms with Gasteiger partial charge in [0.25, 0.3) is 0 Å². The summed E-state index contributed by atoms with van der Waals surface area (Å²) in [6, 6.07) is 7.48. The minimum atomic E-state index is -0.123. The average molecular weight is 305 g/mol. The zero-order valence-electron chi connectivity index (χ0n) is 9.34. The van der Waals surface area contributed by atoms with Crippen LogP contribution in [0.2, 0.25) is 5.02 Å². The molecule has 0 aliphatic heterocycles. The molecule has 4 heteroatoms. The van der Waals surface area contributed by atoms with Crippen LogP contribution in [0.4, 0.5) is 0 Å². The average Bonchev–Trinajstić information content (AvgIpc) is 2.28. The molecule has 1 aromatic carbocycles. The normalized spacial score (nSPS) is 14.2. The van der Waals surface area contributed by atoms with Crippen LogP contribution in [0.25, 0.3) is 0 Å². The lowest BCUT2D eigenvalue weighted by molar-refractivity contribution is -0.121. The van der Waals surface area contributed by atoms with Crippen molar-refractivity contribution in [1.29, 1.82) is 0 Å². The maximum atomic E-state index is 11.6. The Kier molecular flexibility index (Phi) is 5.29. The van der Waals surface area contributed by atoms with Crippen LogP contribution in [0.15, 0.2) is 24.3 Å². The van der Waals surface area contributed by atoms with Crippen molar-refractivity contribution >= 4 is 33.4 Å². The van der Waals surface area contributed by atoms with Gasteiger partial charge in [-0.3, -0.25) is 4.79 Å². The summed E-state index contributed by atoms with van der Waals surface area (Å²) < 4.78 is 0. The topological polar surface area (TPSA) is 29.1 Å². The van der Waals surface area contributed by atoms with Crippen molar-refractivity contribution in [1.82, 2.24) is 5.32 Å². The number of nitrogens with one attached hydrogen (secondary N) is 1. The molecule has 1 rings (SSSR count). The first-order valence-electron chi connectivity index (χ1n) is 5.24. The zero-order valence-corrected chi connectivity index (χ0v) is 11.7. The summed E-state index contributed by atoms with van der Waals surface area (Å²) in [7, 11) is 0. The SMILES string of the molecule is CCC(Br)C(=O)N[C@H](C)c1ccc(Cl)cc1. The van der Waals surface area contributed by atoms with E-state index in [1.807, 2.05) is 38.1 Å². The highest BCUT2D eigenvalue weighted by molar-refractivity contribution is 9.10. The lowest BCUT2D eigenvalue weighted by Crippen LogP contribution is -2.32. The van der Waals surface area contributed by atoms with E-state index in [1.54, 1.807) is 0 Å². The van der Waals surface area contributed by atoms with Crippen LogP contribution in [-0.2, 0) is 4.79 Å². The molecule has 0 bridgehead atoms. The van der Waals surface area contributed by atoms with Gasteiger partial charge in [-0.1, -0.05) is 46.6 Å². The number of hydrogen-bond donors (Lipinski definition) is 1. The minimum Gasteiger partial charge on any atom is -0.349 e. The first-order valence-corrected chi connectivity index (χ1v) is 6.54. The number of alkyl halides is 1. The second-order valence-corrected chi connectivity index (χ2v) is 5.20. The van der Waals surface area contributed by atoms with Crippen molar-refractivity contribution < 1.29 is 4.79 Å². The number of amides is 1. The van der Waals surface area contributed by atoms with Crippen LogP contribution in [0, 0.1) is 0 Å². The Morgan fingerprint density at radius 3 is 2.50 bits per heavy atom. The Hall–Kier alpha value is -0.540. The molecule has 88 valence electrons. The third-order valence-electron chi connectivity index (χ3n) is 2.37. The van der Waals surface area contributed by atoms with E-state index in [0.29, 0.717) is 5.02 Å². The van der Waals surface area contributed by atoms with Crippen LogP contribution < -0.4 is 5.32 Å². The van der Waals surface area contributed by atoms with E-state index in [9.17, 15) is 4.79 Å². The smallest absolute Gasteiger partial charge is 0.234 e. The Bertz CT molecular complexity index is 353. The molecule has 1 N–H and O–H groups in total. The fourth-order valence-corrected chi connectivity index (χ4v) is 1.58. The number of hydrogen-bond acceptors (Lipinski definition) is 1. The first kappa shape index (κ1) is 13.5. The van der Waals surface area contributed by atoms with Crippen molar-refractivity contribution in [2.24, 2.45) is 0 Å². The molecule has 0 radical (unpaired) electrons. The van der Waals surface area contributed by atoms with Gasteiger partial charge in [0, 0.05) is 5.02 Å². The summed E-state index contributed by atoms with van der Waals surface area (Å²) in [5.41, 5.74) is 1.05. The van der Waals surface area contributed by atoms with E-state index in [4.69, 9.17) is 11.6 Å². The number of halogens is 2. The van der Waals surface area contributed by atoms with Gasteiger partial charge in [0.1, 0.15) is 0 Å². The van der Waals surface area contributed by atoms with E-state index in [1.165, 1.54) is 0 Å². The van der Waals surface area contributed by atoms with E-state index in [0.717, 1.165) is 12.0 Å². The highest BCUT2D eigenvalue weighted by Gasteiger charge is 2.15. The van der Waals surface area contributed by atoms with E-state index in [-0.39, 0.29) is 16.8 Å². The first-order chi connectivity index (χ1) is 7.54. The summed E-state index contributed by atoms with van der Waals surface area (Å²) >= 11 is 9.12. The van der Waals surface area contributed by atoms with Crippen LogP contribution in [0.1, 0.15) is 31.9 Å². The number of rotatable bonds is 4. The highest BCUT2D eigenvalue weighted by atomic mass is 79.9. The lowest BCUT2D eigenvalue weighted by atomic mass is 10.1. The summed E-state index contributed by atoms with van der Waals surface area (Å²) in [6.07, 6.45) is 0.777. The van der Waals surface area contributed by atoms with Gasteiger partial charge < -0.3 is 5.32 Å². The molecule has 1 aromatic rings. The van der Waals surface area contributed by atoms with Gasteiger partial charge >= 0.3 is 0 Å². The predicted octanol–water partition coefficient (Wildman–Crippen LogP) is 3.69. The van der Waals surface area contributed by atoms with Crippen molar-refractivity contribution in [3.8, 4) is 0 Å². The fraction of sp³-hybridized carbons (Fsp3) is 0.417. The van der Waals surface area contributed by atoms with Crippen molar-refractivity contribution in [3.63, 3.8) is 0 Å². The third kappa shape index (κ3) is 3.80. The van der Waals surface area contributed by atoms with Gasteiger partial charge in [-0.25, -0.2) is 0 Å². The largest absolute Gasteiger partial charge is 0.349 e. The molecular weight excluding hydrogens is 289 g/mol. The fourth-order valence-electron chi connectivity index (χ4n) is 1.32. The van der Waals surface area contributed by atoms with Crippen LogP contribution in [-0.4, -0.2) is 10.7 Å². The molecule has 0 heterocycles. The van der Waals surface area contributed by atoms with Crippen LogP contribution >= 0.6 is 27.5 Å². The number of carbonyl (C=O) groups is 1. The monoisotopic (exact) mass is 303 g/mol. The molecule has 0 aliphatic rings. The summed E-state index contributed by atoms with van der Waals surface area (Å²) in [6.45, 7) is 3.92. The Labute approximate surface area is 110 Å². The molecule has 16 heavy (non-hydrogen) atoms. The van der Waals surface area contributed by atoms with Crippen molar-refractivity contribution in [2.45, 2.75) is 31.1 Å². The molecule has 0 aromatic heterocycles. The molecule has 0 saturated carbocycles. The molecule has 2 atom stereocenters. The molecule has 0 spiro atoms. The van der Waals surface area contributed by atoms with Crippen molar-refractivity contribution in [2.75, 3.05) is 0 Å². The second-order valence-electron chi connectivity index (χ2n) is 3.66. The van der Waals surface area contributed by atoms with Crippen LogP contribution in [0.5, 0.6) is 0 Å². The summed E-state index contributed by atoms with van der Waals surface area (Å²) in [4.78, 5) is 11.5. The lowest BCUT2D eigenvalue weighted by Gasteiger charge is -2.16. The summed E-state index contributed by atoms with van der Waals surface area (Å²) in [5.74, 6) is 0.0185. The third-order valence-corrected chi connectivity index (χ3v) is 3.69. The Morgan fingerprint density at radius 1 is 1.44 bits per heavy atom. The molecule has 0 saturated heterocycles. The van der Waals surface area contributed by atoms with E-state index >= 15 is 0 Å². The molecule has 0 aliphatic carbocycles. The minimum absolute atomic E-state index is 0.00336. The van der Waals surface area contributed by atoms with Gasteiger partial charge in [0.15, 0.2) is 0 Å². The maximum absolute atomic E-state index is 11.6. The highest BCUT2D eigenvalue weighted by Crippen LogP contribution is 2.17. The van der Waals surface area contributed by atoms with Gasteiger partial charge in [-0.2, -0.15) is 0 Å². The molecular formula is C12H15BrClNO. The zero-order chi connectivity index (χ0) is 12.1. The Balaban J connectivity index is 2.62. The maximum Gasteiger partial charge on any atom is 0.234 e. The molecule has 2 nitrogen and oxygen atoms in total. The second kappa shape index (κ2) is 6.26. The van der Waals surface area contributed by atoms with Gasteiger partial charge in [0.2, 0.25) is 5.91 Å². The Morgan fingerprint density at radius 2 is 2.00 bits per heavy atom. The van der Waals surface area contributed by atoms with Gasteiger partial charge in [-0.15, -0.1) is 0 Å². The summed E-state index contributed by atoms with van der Waals surface area (Å²) in [5, 5.41) is 3.64. The number of carbonyl (C=O) groups excluding carboxylic acids is 1. The molecule has 0 fully saturated rings. The molecule has 1 amide bonds. The van der Waals surface area contributed by atoms with E-state index < -0.39 is 0 Å². The van der Waals surface area contributed by atoms with Gasteiger partial charge in [0.05, 0.1) is 10.9 Å².